The van der Waals surface area contributed by atoms with Gasteiger partial charge in [-0.1, -0.05) is 66.7 Å². The van der Waals surface area contributed by atoms with Crippen LogP contribution in [-0.2, 0) is 19.4 Å². The summed E-state index contributed by atoms with van der Waals surface area (Å²) in [6.45, 7) is 1.51. The monoisotopic (exact) mass is 450 g/mol. The summed E-state index contributed by atoms with van der Waals surface area (Å²) in [6, 6.07) is 29.8. The number of anilines is 2. The largest absolute Gasteiger partial charge is 0.489 e. The summed E-state index contributed by atoms with van der Waals surface area (Å²) in [4.78, 5) is 13.6. The summed E-state index contributed by atoms with van der Waals surface area (Å²) in [5, 5.41) is 0. The molecule has 0 bridgehead atoms. The van der Waals surface area contributed by atoms with E-state index in [0.717, 1.165) is 36.9 Å². The van der Waals surface area contributed by atoms with Gasteiger partial charge in [0.25, 0.3) is 0 Å². The number of benzene rings is 3. The lowest BCUT2D eigenvalue weighted by Gasteiger charge is -2.38. The van der Waals surface area contributed by atoms with Crippen molar-refractivity contribution in [1.29, 1.82) is 0 Å². The Morgan fingerprint density at radius 1 is 0.882 bits per heavy atom. The lowest BCUT2D eigenvalue weighted by molar-refractivity contribution is 0.306. The minimum atomic E-state index is 0.214. The van der Waals surface area contributed by atoms with Gasteiger partial charge in [0.05, 0.1) is 6.04 Å². The lowest BCUT2D eigenvalue weighted by atomic mass is 9.88. The minimum Gasteiger partial charge on any atom is -0.489 e. The molecule has 0 saturated carbocycles. The fourth-order valence-electron chi connectivity index (χ4n) is 4.55. The molecule has 1 aliphatic heterocycles. The van der Waals surface area contributed by atoms with Crippen LogP contribution < -0.4 is 14.5 Å². The molecular weight excluding hydrogens is 420 g/mol. The van der Waals surface area contributed by atoms with Gasteiger partial charge in [-0.05, 0) is 53.3 Å². The Morgan fingerprint density at radius 3 is 2.44 bits per heavy atom. The van der Waals surface area contributed by atoms with Crippen LogP contribution in [0.25, 0.3) is 0 Å². The van der Waals surface area contributed by atoms with Crippen LogP contribution in [0.1, 0.15) is 28.3 Å². The van der Waals surface area contributed by atoms with Gasteiger partial charge >= 0.3 is 0 Å². The SMILES string of the molecule is CN(C)c1nccc(N2CCc3ccccc3C2Cc2ccc(OCc3ccccc3)cc2)n1. The first-order valence-electron chi connectivity index (χ1n) is 11.8. The van der Waals surface area contributed by atoms with Crippen LogP contribution in [-0.4, -0.2) is 30.6 Å². The molecule has 0 radical (unpaired) electrons. The molecule has 5 nitrogen and oxygen atoms in total. The van der Waals surface area contributed by atoms with Crippen LogP contribution in [0.2, 0.25) is 0 Å². The number of fused-ring (bicyclic) bond motifs is 1. The smallest absolute Gasteiger partial charge is 0.226 e. The molecule has 34 heavy (non-hydrogen) atoms. The van der Waals surface area contributed by atoms with Gasteiger partial charge in [-0.25, -0.2) is 4.98 Å². The molecular formula is C29H30N4O. The molecule has 5 rings (SSSR count). The van der Waals surface area contributed by atoms with Crippen molar-refractivity contribution in [3.63, 3.8) is 0 Å². The Kier molecular flexibility index (Phi) is 6.43. The summed E-state index contributed by atoms with van der Waals surface area (Å²) in [5.41, 5.74) is 5.25. The molecule has 3 aromatic carbocycles. The molecule has 5 heteroatoms. The highest BCUT2D eigenvalue weighted by atomic mass is 16.5. The maximum absolute atomic E-state index is 5.99. The van der Waals surface area contributed by atoms with Crippen LogP contribution >= 0.6 is 0 Å². The molecule has 0 amide bonds. The van der Waals surface area contributed by atoms with Gasteiger partial charge in [0, 0.05) is 26.8 Å². The first-order chi connectivity index (χ1) is 16.7. The van der Waals surface area contributed by atoms with Gasteiger partial charge in [-0.15, -0.1) is 0 Å². The van der Waals surface area contributed by atoms with Gasteiger partial charge < -0.3 is 14.5 Å². The van der Waals surface area contributed by atoms with Gasteiger partial charge in [-0.3, -0.25) is 0 Å². The van der Waals surface area contributed by atoms with Gasteiger partial charge in [-0.2, -0.15) is 4.98 Å². The van der Waals surface area contributed by atoms with Crippen LogP contribution in [0, 0.1) is 0 Å². The van der Waals surface area contributed by atoms with Crippen molar-refractivity contribution in [2.45, 2.75) is 25.5 Å². The van der Waals surface area contributed by atoms with E-state index in [9.17, 15) is 0 Å². The lowest BCUT2D eigenvalue weighted by Crippen LogP contribution is -2.37. The van der Waals surface area contributed by atoms with E-state index < -0.39 is 0 Å². The van der Waals surface area contributed by atoms with Crippen LogP contribution in [0.4, 0.5) is 11.8 Å². The topological polar surface area (TPSA) is 41.5 Å². The third-order valence-corrected chi connectivity index (χ3v) is 6.34. The molecule has 4 aromatic rings. The summed E-state index contributed by atoms with van der Waals surface area (Å²) in [5.74, 6) is 2.59. The second kappa shape index (κ2) is 9.96. The molecule has 0 fully saturated rings. The van der Waals surface area contributed by atoms with E-state index in [-0.39, 0.29) is 6.04 Å². The van der Waals surface area contributed by atoms with Crippen molar-refractivity contribution in [3.8, 4) is 5.75 Å². The Balaban J connectivity index is 1.37. The third kappa shape index (κ3) is 4.88. The zero-order valence-corrected chi connectivity index (χ0v) is 19.8. The van der Waals surface area contributed by atoms with Crippen molar-refractivity contribution in [2.24, 2.45) is 0 Å². The van der Waals surface area contributed by atoms with Crippen LogP contribution in [0.15, 0.2) is 91.1 Å². The van der Waals surface area contributed by atoms with E-state index >= 15 is 0 Å². The molecule has 0 N–H and O–H groups in total. The highest BCUT2D eigenvalue weighted by Crippen LogP contribution is 2.35. The molecule has 1 aliphatic rings. The molecule has 0 spiro atoms. The maximum Gasteiger partial charge on any atom is 0.226 e. The van der Waals surface area contributed by atoms with Crippen molar-refractivity contribution < 1.29 is 4.74 Å². The quantitative estimate of drug-likeness (QED) is 0.374. The second-order valence-corrected chi connectivity index (χ2v) is 8.89. The maximum atomic E-state index is 5.99. The zero-order valence-electron chi connectivity index (χ0n) is 19.8. The van der Waals surface area contributed by atoms with Crippen LogP contribution in [0.3, 0.4) is 0 Å². The Bertz CT molecular complexity index is 1220. The van der Waals surface area contributed by atoms with Crippen molar-refractivity contribution in [1.82, 2.24) is 9.97 Å². The van der Waals surface area contributed by atoms with E-state index in [1.54, 1.807) is 0 Å². The number of aromatic nitrogens is 2. The van der Waals surface area contributed by atoms with Gasteiger partial charge in [0.1, 0.15) is 18.2 Å². The first kappa shape index (κ1) is 22.0. The molecule has 1 atom stereocenters. The van der Waals surface area contributed by atoms with E-state index in [1.807, 2.05) is 49.5 Å². The van der Waals surface area contributed by atoms with Crippen LogP contribution in [0.5, 0.6) is 5.75 Å². The normalized spacial score (nSPS) is 15.0. The molecule has 0 saturated heterocycles. The van der Waals surface area contributed by atoms with E-state index in [4.69, 9.17) is 9.72 Å². The average molecular weight is 451 g/mol. The van der Waals surface area contributed by atoms with Crippen molar-refractivity contribution in [2.75, 3.05) is 30.4 Å². The molecule has 172 valence electrons. The highest BCUT2D eigenvalue weighted by Gasteiger charge is 2.28. The van der Waals surface area contributed by atoms with E-state index in [2.05, 4.69) is 70.5 Å². The number of ether oxygens (including phenoxy) is 1. The first-order valence-corrected chi connectivity index (χ1v) is 11.8. The van der Waals surface area contributed by atoms with Gasteiger partial charge in [0.15, 0.2) is 0 Å². The standard InChI is InChI=1S/C29H30N4O/c1-32(2)29-30-18-16-28(31-29)33-19-17-24-10-6-7-11-26(24)27(33)20-22-12-14-25(15-13-22)34-21-23-8-4-3-5-9-23/h3-16,18,27H,17,19-21H2,1-2H3. The number of hydrogen-bond donors (Lipinski definition) is 0. The fraction of sp³-hybridized carbons (Fsp3) is 0.241. The Morgan fingerprint density at radius 2 is 1.65 bits per heavy atom. The second-order valence-electron chi connectivity index (χ2n) is 8.89. The predicted octanol–water partition coefficient (Wildman–Crippen LogP) is 5.47. The fourth-order valence-corrected chi connectivity index (χ4v) is 4.55. The number of nitrogens with zero attached hydrogens (tertiary/aromatic N) is 4. The third-order valence-electron chi connectivity index (χ3n) is 6.34. The average Bonchev–Trinajstić information content (AvgIpc) is 2.89. The molecule has 2 heterocycles. The van der Waals surface area contributed by atoms with E-state index in [0.29, 0.717) is 6.61 Å². The summed E-state index contributed by atoms with van der Waals surface area (Å²) in [6.07, 6.45) is 3.77. The number of rotatable bonds is 7. The minimum absolute atomic E-state index is 0.214. The molecule has 0 aliphatic carbocycles. The van der Waals surface area contributed by atoms with E-state index in [1.165, 1.54) is 22.3 Å². The Hall–Kier alpha value is -3.86. The summed E-state index contributed by atoms with van der Waals surface area (Å²) in [7, 11) is 3.95. The molecule has 1 aromatic heterocycles. The van der Waals surface area contributed by atoms with Crippen molar-refractivity contribution in [3.05, 3.63) is 113 Å². The van der Waals surface area contributed by atoms with Crippen molar-refractivity contribution >= 4 is 11.8 Å². The predicted molar refractivity (Wildman–Crippen MR) is 138 cm³/mol. The summed E-state index contributed by atoms with van der Waals surface area (Å²) >= 11 is 0. The summed E-state index contributed by atoms with van der Waals surface area (Å²) < 4.78 is 5.99. The molecule has 1 unspecified atom stereocenters. The Labute approximate surface area is 201 Å². The van der Waals surface area contributed by atoms with Gasteiger partial charge in [0.2, 0.25) is 5.95 Å². The number of hydrogen-bond acceptors (Lipinski definition) is 5. The zero-order chi connectivity index (χ0) is 23.3. The highest BCUT2D eigenvalue weighted by molar-refractivity contribution is 5.50.